The molecule has 2 atom stereocenters. The molecule has 152 valence electrons. The Morgan fingerprint density at radius 3 is 1.57 bits per heavy atom. The molecule has 2 heterocycles. The lowest BCUT2D eigenvalue weighted by Crippen LogP contribution is -2.17. The molecular weight excluding hydrogens is 346 g/mol. The summed E-state index contributed by atoms with van der Waals surface area (Å²) in [5.41, 5.74) is 2.82. The number of ether oxygens (including phenoxy) is 2. The van der Waals surface area contributed by atoms with Crippen molar-refractivity contribution < 1.29 is 9.47 Å². The molecule has 2 saturated heterocycles. The molecule has 0 aliphatic carbocycles. The van der Waals surface area contributed by atoms with Crippen LogP contribution in [0.1, 0.15) is 56.1 Å². The van der Waals surface area contributed by atoms with E-state index in [-0.39, 0.29) is 0 Å². The molecule has 0 aromatic heterocycles. The Hall–Kier alpha value is -1.68. The molecule has 0 radical (unpaired) electrons. The fraction of sp³-hybridized carbons (Fsp3) is 0.520. The van der Waals surface area contributed by atoms with Crippen LogP contribution in [0.5, 0.6) is 0 Å². The average Bonchev–Trinajstić information content (AvgIpc) is 3.66. The maximum absolute atomic E-state index is 5.13. The van der Waals surface area contributed by atoms with Crippen molar-refractivity contribution in [3.63, 3.8) is 0 Å². The number of nitrogens with one attached hydrogen (secondary N) is 1. The molecule has 2 aromatic carbocycles. The summed E-state index contributed by atoms with van der Waals surface area (Å²) in [6, 6.07) is 21.4. The van der Waals surface area contributed by atoms with E-state index in [1.807, 2.05) is 0 Å². The van der Waals surface area contributed by atoms with Gasteiger partial charge in [-0.15, -0.1) is 0 Å². The van der Waals surface area contributed by atoms with Gasteiger partial charge in [-0.2, -0.15) is 0 Å². The highest BCUT2D eigenvalue weighted by Crippen LogP contribution is 2.27. The van der Waals surface area contributed by atoms with Gasteiger partial charge in [0.25, 0.3) is 0 Å². The van der Waals surface area contributed by atoms with Gasteiger partial charge in [-0.1, -0.05) is 67.6 Å². The van der Waals surface area contributed by atoms with E-state index in [4.69, 9.17) is 9.47 Å². The Morgan fingerprint density at radius 1 is 0.786 bits per heavy atom. The fourth-order valence-corrected chi connectivity index (χ4v) is 3.54. The molecule has 0 saturated carbocycles. The van der Waals surface area contributed by atoms with Crippen LogP contribution in [0.4, 0.5) is 0 Å². The van der Waals surface area contributed by atoms with Gasteiger partial charge in [0.2, 0.25) is 0 Å². The van der Waals surface area contributed by atoms with Crippen molar-refractivity contribution in [2.75, 3.05) is 26.3 Å². The van der Waals surface area contributed by atoms with Crippen LogP contribution in [-0.2, 0) is 9.47 Å². The molecule has 0 bridgehead atoms. The molecule has 1 N–H and O–H groups in total. The minimum atomic E-state index is 0.535. The summed E-state index contributed by atoms with van der Waals surface area (Å²) in [6.07, 6.45) is 7.32. The van der Waals surface area contributed by atoms with Crippen molar-refractivity contribution in [2.45, 2.75) is 57.2 Å². The van der Waals surface area contributed by atoms with Gasteiger partial charge in [-0.3, -0.25) is 0 Å². The SMILES string of the molecule is C(CNCCCC1CO1)CC1CO1.CCC(c1ccccc1)c1ccccc1. The Bertz CT molecular complexity index is 583. The minimum absolute atomic E-state index is 0.535. The van der Waals surface area contributed by atoms with Gasteiger partial charge in [-0.05, 0) is 56.3 Å². The van der Waals surface area contributed by atoms with E-state index in [1.54, 1.807) is 0 Å². The quantitative estimate of drug-likeness (QED) is 0.431. The third-order valence-corrected chi connectivity index (χ3v) is 5.38. The molecule has 0 amide bonds. The predicted octanol–water partition coefficient (Wildman–Crippen LogP) is 5.16. The lowest BCUT2D eigenvalue weighted by Gasteiger charge is -2.15. The van der Waals surface area contributed by atoms with Crippen molar-refractivity contribution in [3.8, 4) is 0 Å². The Kier molecular flexibility index (Phi) is 9.02. The molecule has 2 aromatic rings. The molecule has 2 unspecified atom stereocenters. The third-order valence-electron chi connectivity index (χ3n) is 5.38. The molecule has 0 spiro atoms. The van der Waals surface area contributed by atoms with Crippen LogP contribution in [0.15, 0.2) is 60.7 Å². The predicted molar refractivity (Wildman–Crippen MR) is 116 cm³/mol. The minimum Gasteiger partial charge on any atom is -0.373 e. The fourth-order valence-electron chi connectivity index (χ4n) is 3.54. The van der Waals surface area contributed by atoms with Gasteiger partial charge in [0.15, 0.2) is 0 Å². The van der Waals surface area contributed by atoms with Gasteiger partial charge in [0.1, 0.15) is 0 Å². The highest BCUT2D eigenvalue weighted by atomic mass is 16.6. The van der Waals surface area contributed by atoms with Crippen molar-refractivity contribution >= 4 is 0 Å². The highest BCUT2D eigenvalue weighted by Gasteiger charge is 2.21. The number of hydrogen-bond acceptors (Lipinski definition) is 3. The first kappa shape index (κ1) is 21.0. The van der Waals surface area contributed by atoms with Crippen molar-refractivity contribution in [3.05, 3.63) is 71.8 Å². The first-order valence-corrected chi connectivity index (χ1v) is 10.9. The first-order chi connectivity index (χ1) is 13.9. The van der Waals surface area contributed by atoms with Gasteiger partial charge in [0, 0.05) is 5.92 Å². The molecule has 2 aliphatic heterocycles. The standard InChI is InChI=1S/C15H16.C10H19NO2/c1-2-15(13-9-5-3-6-10-13)14-11-7-4-8-12-14;1(3-9-7-12-9)5-11-6-2-4-10-8-13-10/h3-12,15H,2H2,1H3;9-11H,1-8H2. The van der Waals surface area contributed by atoms with Crippen molar-refractivity contribution in [1.29, 1.82) is 0 Å². The van der Waals surface area contributed by atoms with Gasteiger partial charge in [-0.25, -0.2) is 0 Å². The van der Waals surface area contributed by atoms with Crippen LogP contribution in [0.3, 0.4) is 0 Å². The summed E-state index contributed by atoms with van der Waals surface area (Å²) in [4.78, 5) is 0. The lowest BCUT2D eigenvalue weighted by molar-refractivity contribution is 0.383. The summed E-state index contributed by atoms with van der Waals surface area (Å²) in [5, 5.41) is 3.44. The molecule has 2 fully saturated rings. The largest absolute Gasteiger partial charge is 0.373 e. The van der Waals surface area contributed by atoms with Crippen LogP contribution in [-0.4, -0.2) is 38.5 Å². The van der Waals surface area contributed by atoms with Crippen LogP contribution in [0.25, 0.3) is 0 Å². The monoisotopic (exact) mass is 381 g/mol. The Labute approximate surface area is 170 Å². The van der Waals surface area contributed by atoms with Crippen LogP contribution in [0.2, 0.25) is 0 Å². The third kappa shape index (κ3) is 8.14. The second kappa shape index (κ2) is 12.0. The zero-order valence-electron chi connectivity index (χ0n) is 17.2. The summed E-state index contributed by atoms with van der Waals surface area (Å²) in [7, 11) is 0. The van der Waals surface area contributed by atoms with Gasteiger partial charge >= 0.3 is 0 Å². The van der Waals surface area contributed by atoms with Gasteiger partial charge < -0.3 is 14.8 Å². The maximum Gasteiger partial charge on any atom is 0.0810 e. The molecule has 3 heteroatoms. The Morgan fingerprint density at radius 2 is 1.21 bits per heavy atom. The first-order valence-electron chi connectivity index (χ1n) is 10.9. The number of benzene rings is 2. The van der Waals surface area contributed by atoms with E-state index in [2.05, 4.69) is 72.9 Å². The van der Waals surface area contributed by atoms with E-state index in [0.29, 0.717) is 18.1 Å². The summed E-state index contributed by atoms with van der Waals surface area (Å²) in [5.74, 6) is 0.535. The van der Waals surface area contributed by atoms with Crippen molar-refractivity contribution in [2.24, 2.45) is 0 Å². The zero-order valence-corrected chi connectivity index (χ0v) is 17.2. The molecular formula is C25H35NO2. The Balaban J connectivity index is 0.000000162. The normalized spacial score (nSPS) is 19.8. The van der Waals surface area contributed by atoms with E-state index in [9.17, 15) is 0 Å². The second-order valence-electron chi connectivity index (χ2n) is 7.73. The number of hydrogen-bond donors (Lipinski definition) is 1. The molecule has 2 aliphatic rings. The maximum atomic E-state index is 5.13. The number of epoxide rings is 2. The van der Waals surface area contributed by atoms with Gasteiger partial charge in [0.05, 0.1) is 25.4 Å². The van der Waals surface area contributed by atoms with E-state index in [1.165, 1.54) is 36.8 Å². The average molecular weight is 382 g/mol. The molecule has 3 nitrogen and oxygen atoms in total. The second-order valence-corrected chi connectivity index (χ2v) is 7.73. The van der Waals surface area contributed by atoms with Crippen LogP contribution >= 0.6 is 0 Å². The smallest absolute Gasteiger partial charge is 0.0810 e. The highest BCUT2D eigenvalue weighted by molar-refractivity contribution is 5.31. The summed E-state index contributed by atoms with van der Waals surface area (Å²) >= 11 is 0. The topological polar surface area (TPSA) is 37.1 Å². The zero-order chi connectivity index (χ0) is 19.4. The van der Waals surface area contributed by atoms with Crippen LogP contribution in [0, 0.1) is 0 Å². The van der Waals surface area contributed by atoms with E-state index >= 15 is 0 Å². The van der Waals surface area contributed by atoms with Crippen LogP contribution < -0.4 is 5.32 Å². The molecule has 28 heavy (non-hydrogen) atoms. The summed E-state index contributed by atoms with van der Waals surface area (Å²) < 4.78 is 10.3. The summed E-state index contributed by atoms with van der Waals surface area (Å²) in [6.45, 7) is 6.53. The van der Waals surface area contributed by atoms with E-state index < -0.39 is 0 Å². The van der Waals surface area contributed by atoms with E-state index in [0.717, 1.165) is 32.7 Å². The lowest BCUT2D eigenvalue weighted by atomic mass is 9.89. The van der Waals surface area contributed by atoms with Crippen molar-refractivity contribution in [1.82, 2.24) is 5.32 Å². The number of rotatable bonds is 11. The molecule has 4 rings (SSSR count).